The molecule has 8 aromatic rings. The first-order valence-electron chi connectivity index (χ1n) is 16.8. The lowest BCUT2D eigenvalue weighted by Crippen LogP contribution is -2.30. The molecule has 242 valence electrons. The summed E-state index contributed by atoms with van der Waals surface area (Å²) in [6.45, 7) is 7.63. The molecule has 1 aliphatic rings. The Balaban J connectivity index is 1.32. The van der Waals surface area contributed by atoms with E-state index in [1.807, 2.05) is 102 Å². The zero-order valence-electron chi connectivity index (χ0n) is 27.6. The molecule has 2 heterocycles. The highest BCUT2D eigenvalue weighted by molar-refractivity contribution is 6.37. The zero-order valence-corrected chi connectivity index (χ0v) is 27.6. The lowest BCUT2D eigenvalue weighted by molar-refractivity contribution is 0.0926. The van der Waals surface area contributed by atoms with E-state index in [1.54, 1.807) is 36.4 Å². The van der Waals surface area contributed by atoms with Crippen molar-refractivity contribution in [3.05, 3.63) is 186 Å². The van der Waals surface area contributed by atoms with E-state index in [0.29, 0.717) is 28.2 Å². The number of aromatic nitrogens is 1. The molecule has 6 nitrogen and oxygen atoms in total. The van der Waals surface area contributed by atoms with Crippen molar-refractivity contribution in [2.24, 2.45) is 0 Å². The Morgan fingerprint density at radius 2 is 1.12 bits per heavy atom. The Labute approximate surface area is 299 Å². The molecule has 9 rings (SSSR count). The third-order valence-electron chi connectivity index (χ3n) is 9.75. The van der Waals surface area contributed by atoms with Crippen molar-refractivity contribution in [2.45, 2.75) is 0 Å². The van der Waals surface area contributed by atoms with E-state index in [-0.39, 0.29) is 5.56 Å². The first-order valence-corrected chi connectivity index (χ1v) is 16.8. The summed E-state index contributed by atoms with van der Waals surface area (Å²) in [6.07, 6.45) is 0. The lowest BCUT2D eigenvalue weighted by atomic mass is 9.90. The van der Waals surface area contributed by atoms with Gasteiger partial charge in [-0.25, -0.2) is 9.74 Å². The van der Waals surface area contributed by atoms with E-state index < -0.39 is 11.8 Å². The van der Waals surface area contributed by atoms with Gasteiger partial charge in [-0.1, -0.05) is 103 Å². The second-order valence-corrected chi connectivity index (χ2v) is 12.7. The highest BCUT2D eigenvalue weighted by atomic mass is 16.2. The summed E-state index contributed by atoms with van der Waals surface area (Å²) in [4.78, 5) is 34.9. The smallest absolute Gasteiger partial charge is 0.268 e. The van der Waals surface area contributed by atoms with Crippen LogP contribution in [0.5, 0.6) is 0 Å². The minimum Gasteiger partial charge on any atom is -0.309 e. The molecular weight excluding hydrogens is 641 g/mol. The van der Waals surface area contributed by atoms with Gasteiger partial charge in [-0.15, -0.1) is 0 Å². The third-order valence-corrected chi connectivity index (χ3v) is 9.75. The van der Waals surface area contributed by atoms with E-state index in [2.05, 4.69) is 35.2 Å². The average Bonchev–Trinajstić information content (AvgIpc) is 3.67. The predicted molar refractivity (Wildman–Crippen MR) is 206 cm³/mol. The molecule has 0 spiro atoms. The van der Waals surface area contributed by atoms with Crippen LogP contribution in [0, 0.1) is 17.9 Å². The number of carbonyl (C=O) groups excluding carboxylic acids is 2. The first kappa shape index (κ1) is 30.5. The van der Waals surface area contributed by atoms with Gasteiger partial charge in [0.15, 0.2) is 5.69 Å². The SMILES string of the molecule is [C-]#[N+]c1ccc2c(c1)c1cc(C#N)ccc1n2-c1cccc2c1C(=O)N(c1c(-c3ccccc3)cc(-c3ccccc3)cc1-c1ccccc1)C2=O. The molecule has 0 saturated heterocycles. The predicted octanol–water partition coefficient (Wildman–Crippen LogP) is 11.0. The molecule has 6 heteroatoms. The Morgan fingerprint density at radius 3 is 1.71 bits per heavy atom. The van der Waals surface area contributed by atoms with Crippen molar-refractivity contribution in [3.8, 4) is 45.1 Å². The largest absolute Gasteiger partial charge is 0.309 e. The molecule has 0 radical (unpaired) electrons. The fourth-order valence-electron chi connectivity index (χ4n) is 7.42. The maximum absolute atomic E-state index is 15.1. The molecule has 1 aromatic heterocycles. The van der Waals surface area contributed by atoms with Crippen molar-refractivity contribution in [2.75, 3.05) is 4.90 Å². The maximum Gasteiger partial charge on any atom is 0.268 e. The van der Waals surface area contributed by atoms with Gasteiger partial charge in [-0.3, -0.25) is 9.59 Å². The first-order chi connectivity index (χ1) is 25.6. The van der Waals surface area contributed by atoms with E-state index in [9.17, 15) is 10.1 Å². The Hall–Kier alpha value is -7.54. The zero-order chi connectivity index (χ0) is 35.3. The van der Waals surface area contributed by atoms with Gasteiger partial charge >= 0.3 is 0 Å². The van der Waals surface area contributed by atoms with Crippen molar-refractivity contribution < 1.29 is 9.59 Å². The molecule has 0 atom stereocenters. The maximum atomic E-state index is 15.1. The number of nitrogens with zero attached hydrogens (tertiary/aromatic N) is 4. The molecule has 0 N–H and O–H groups in total. The standard InChI is InChI=1S/C46H26N4O2/c1-48-34-21-23-41-39(27-34)38-24-29(28-47)20-22-40(38)49(41)42-19-11-18-35-43(42)46(52)50(45(35)51)44-36(31-14-7-3-8-15-31)25-33(30-12-5-2-6-13-30)26-37(44)32-16-9-4-10-17-32/h2-27H. The third kappa shape index (κ3) is 4.71. The summed E-state index contributed by atoms with van der Waals surface area (Å²) in [5.74, 6) is -0.842. The average molecular weight is 667 g/mol. The van der Waals surface area contributed by atoms with Crippen molar-refractivity contribution in [1.29, 1.82) is 5.26 Å². The number of hydrogen-bond donors (Lipinski definition) is 0. The summed E-state index contributed by atoms with van der Waals surface area (Å²) in [7, 11) is 0. The monoisotopic (exact) mass is 666 g/mol. The number of amides is 2. The molecular formula is C46H26N4O2. The number of benzene rings is 7. The van der Waals surface area contributed by atoms with Gasteiger partial charge in [0, 0.05) is 16.5 Å². The molecule has 1 aliphatic heterocycles. The van der Waals surface area contributed by atoms with Gasteiger partial charge in [0.1, 0.15) is 0 Å². The number of rotatable bonds is 5. The highest BCUT2D eigenvalue weighted by Crippen LogP contribution is 2.47. The summed E-state index contributed by atoms with van der Waals surface area (Å²) in [5, 5.41) is 11.3. The molecule has 52 heavy (non-hydrogen) atoms. The van der Waals surface area contributed by atoms with Crippen LogP contribution in [0.15, 0.2) is 158 Å². The van der Waals surface area contributed by atoms with E-state index in [1.165, 1.54) is 4.90 Å². The van der Waals surface area contributed by atoms with Gasteiger partial charge < -0.3 is 4.57 Å². The van der Waals surface area contributed by atoms with Crippen LogP contribution in [-0.4, -0.2) is 16.4 Å². The van der Waals surface area contributed by atoms with Gasteiger partial charge in [0.25, 0.3) is 11.8 Å². The van der Waals surface area contributed by atoms with E-state index >= 15 is 4.79 Å². The van der Waals surface area contributed by atoms with Crippen LogP contribution in [0.1, 0.15) is 26.3 Å². The van der Waals surface area contributed by atoms with Crippen LogP contribution in [0.2, 0.25) is 0 Å². The molecule has 0 fully saturated rings. The number of carbonyl (C=O) groups is 2. The molecule has 0 unspecified atom stereocenters. The topological polar surface area (TPSA) is 70.5 Å². The minimum absolute atomic E-state index is 0.287. The Morgan fingerprint density at radius 1 is 0.538 bits per heavy atom. The summed E-state index contributed by atoms with van der Waals surface area (Å²) >= 11 is 0. The number of nitriles is 1. The fraction of sp³-hybridized carbons (Fsp3) is 0. The van der Waals surface area contributed by atoms with E-state index in [0.717, 1.165) is 55.2 Å². The molecule has 2 amide bonds. The van der Waals surface area contributed by atoms with Gasteiger partial charge in [0.2, 0.25) is 0 Å². The molecule has 7 aromatic carbocycles. The normalized spacial score (nSPS) is 12.2. The lowest BCUT2D eigenvalue weighted by Gasteiger charge is -2.24. The van der Waals surface area contributed by atoms with Crippen molar-refractivity contribution >= 4 is 45.0 Å². The van der Waals surface area contributed by atoms with Gasteiger partial charge in [-0.05, 0) is 82.2 Å². The van der Waals surface area contributed by atoms with Crippen LogP contribution in [0.25, 0.3) is 65.7 Å². The van der Waals surface area contributed by atoms with Crippen LogP contribution >= 0.6 is 0 Å². The van der Waals surface area contributed by atoms with Crippen LogP contribution in [0.4, 0.5) is 11.4 Å². The van der Waals surface area contributed by atoms with Crippen molar-refractivity contribution in [1.82, 2.24) is 4.57 Å². The number of hydrogen-bond acceptors (Lipinski definition) is 3. The second kappa shape index (κ2) is 12.1. The quantitative estimate of drug-likeness (QED) is 0.136. The Kier molecular flexibility index (Phi) is 7.10. The summed E-state index contributed by atoms with van der Waals surface area (Å²) < 4.78 is 1.96. The van der Waals surface area contributed by atoms with Crippen molar-refractivity contribution in [3.63, 3.8) is 0 Å². The minimum atomic E-state index is -0.432. The van der Waals surface area contributed by atoms with Crippen LogP contribution in [-0.2, 0) is 0 Å². The number of imide groups is 1. The summed E-state index contributed by atoms with van der Waals surface area (Å²) in [6, 6.07) is 52.3. The molecule has 0 aliphatic carbocycles. The van der Waals surface area contributed by atoms with Crippen LogP contribution < -0.4 is 4.90 Å². The second-order valence-electron chi connectivity index (χ2n) is 12.7. The Bertz CT molecular complexity index is 2710. The fourth-order valence-corrected chi connectivity index (χ4v) is 7.42. The van der Waals surface area contributed by atoms with Gasteiger partial charge in [0.05, 0.1) is 51.7 Å². The number of anilines is 1. The van der Waals surface area contributed by atoms with Gasteiger partial charge in [-0.2, -0.15) is 5.26 Å². The summed E-state index contributed by atoms with van der Waals surface area (Å²) in [5.41, 5.74) is 9.32. The van der Waals surface area contributed by atoms with Crippen LogP contribution in [0.3, 0.4) is 0 Å². The van der Waals surface area contributed by atoms with E-state index in [4.69, 9.17) is 6.57 Å². The molecule has 0 bridgehead atoms. The highest BCUT2D eigenvalue weighted by Gasteiger charge is 2.41. The molecule has 0 saturated carbocycles. The number of fused-ring (bicyclic) bond motifs is 4.